The lowest BCUT2D eigenvalue weighted by atomic mass is 9.86. The predicted molar refractivity (Wildman–Crippen MR) is 75.0 cm³/mol. The Morgan fingerprint density at radius 2 is 2.00 bits per heavy atom. The number of hydrogen-bond donors (Lipinski definition) is 3. The van der Waals surface area contributed by atoms with Crippen LogP contribution >= 0.6 is 15.9 Å². The van der Waals surface area contributed by atoms with E-state index in [2.05, 4.69) is 21.2 Å². The van der Waals surface area contributed by atoms with Gasteiger partial charge in [0.1, 0.15) is 0 Å². The fourth-order valence-electron chi connectivity index (χ4n) is 2.37. The molecule has 17 heavy (non-hydrogen) atoms. The lowest BCUT2D eigenvalue weighted by molar-refractivity contribution is 0.186. The average Bonchev–Trinajstić information content (AvgIpc) is 2.34. The lowest BCUT2D eigenvalue weighted by Gasteiger charge is -2.29. The molecule has 0 amide bonds. The van der Waals surface area contributed by atoms with Crippen LogP contribution in [0.3, 0.4) is 0 Å². The number of aliphatic hydroxyl groups excluding tert-OH is 1. The Labute approximate surface area is 111 Å². The molecule has 3 nitrogen and oxygen atoms in total. The van der Waals surface area contributed by atoms with Crippen LogP contribution in [0.4, 0.5) is 11.4 Å². The molecule has 0 atom stereocenters. The van der Waals surface area contributed by atoms with E-state index in [-0.39, 0.29) is 0 Å². The molecule has 0 aliphatic heterocycles. The molecule has 1 aromatic carbocycles. The van der Waals surface area contributed by atoms with E-state index < -0.39 is 0 Å². The molecule has 0 aromatic heterocycles. The molecular formula is C13H19BrN2O. The van der Waals surface area contributed by atoms with Crippen LogP contribution in [-0.2, 0) is 0 Å². The number of nitrogens with one attached hydrogen (secondary N) is 1. The summed E-state index contributed by atoms with van der Waals surface area (Å²) in [6.07, 6.45) is 4.43. The van der Waals surface area contributed by atoms with Crippen LogP contribution in [-0.4, -0.2) is 17.8 Å². The first kappa shape index (κ1) is 12.7. The molecule has 1 aliphatic rings. The minimum absolute atomic E-state index is 0.327. The Balaban J connectivity index is 1.93. The molecule has 2 rings (SSSR count). The molecule has 0 heterocycles. The highest BCUT2D eigenvalue weighted by Crippen LogP contribution is 2.29. The fourth-order valence-corrected chi connectivity index (χ4v) is 2.75. The summed E-state index contributed by atoms with van der Waals surface area (Å²) in [4.78, 5) is 0. The highest BCUT2D eigenvalue weighted by molar-refractivity contribution is 9.10. The number of nitrogens with two attached hydrogens (primary N) is 1. The Hall–Kier alpha value is -0.740. The van der Waals surface area contributed by atoms with Crippen molar-refractivity contribution in [1.82, 2.24) is 0 Å². The molecule has 0 radical (unpaired) electrons. The topological polar surface area (TPSA) is 58.3 Å². The minimum Gasteiger partial charge on any atom is -0.397 e. The summed E-state index contributed by atoms with van der Waals surface area (Å²) in [6.45, 7) is 0.327. The van der Waals surface area contributed by atoms with E-state index in [1.807, 2.05) is 18.2 Å². The molecule has 4 heteroatoms. The second-order valence-corrected chi connectivity index (χ2v) is 5.69. The summed E-state index contributed by atoms with van der Waals surface area (Å²) in [5.41, 5.74) is 7.76. The maximum Gasteiger partial charge on any atom is 0.0576 e. The summed E-state index contributed by atoms with van der Waals surface area (Å²) in [7, 11) is 0. The van der Waals surface area contributed by atoms with Crippen LogP contribution in [0.25, 0.3) is 0 Å². The number of aliphatic hydroxyl groups is 1. The van der Waals surface area contributed by atoms with Gasteiger partial charge >= 0.3 is 0 Å². The number of halogens is 1. The van der Waals surface area contributed by atoms with Gasteiger partial charge in [-0.25, -0.2) is 0 Å². The van der Waals surface area contributed by atoms with E-state index >= 15 is 0 Å². The first-order valence-corrected chi connectivity index (χ1v) is 6.90. The first-order valence-electron chi connectivity index (χ1n) is 6.11. The van der Waals surface area contributed by atoms with Crippen molar-refractivity contribution in [3.63, 3.8) is 0 Å². The quantitative estimate of drug-likeness (QED) is 0.752. The fraction of sp³-hybridized carbons (Fsp3) is 0.538. The van der Waals surface area contributed by atoms with Crippen molar-refractivity contribution >= 4 is 27.3 Å². The van der Waals surface area contributed by atoms with E-state index in [0.717, 1.165) is 41.5 Å². The Morgan fingerprint density at radius 1 is 1.29 bits per heavy atom. The van der Waals surface area contributed by atoms with Crippen molar-refractivity contribution in [3.8, 4) is 0 Å². The summed E-state index contributed by atoms with van der Waals surface area (Å²) in [5.74, 6) is 0.496. The lowest BCUT2D eigenvalue weighted by Crippen LogP contribution is -2.27. The normalized spacial score (nSPS) is 24.6. The molecular weight excluding hydrogens is 280 g/mol. The molecule has 1 aromatic rings. The molecule has 0 saturated heterocycles. The molecule has 1 fully saturated rings. The van der Waals surface area contributed by atoms with Crippen molar-refractivity contribution in [2.75, 3.05) is 17.7 Å². The van der Waals surface area contributed by atoms with Crippen LogP contribution in [0.5, 0.6) is 0 Å². The van der Waals surface area contributed by atoms with Gasteiger partial charge in [0, 0.05) is 17.1 Å². The van der Waals surface area contributed by atoms with Gasteiger partial charge in [0.05, 0.1) is 11.4 Å². The molecule has 94 valence electrons. The van der Waals surface area contributed by atoms with Crippen molar-refractivity contribution in [1.29, 1.82) is 0 Å². The standard InChI is InChI=1S/C13H19BrN2O/c14-10-3-6-13(12(15)7-10)16-11-4-1-9(8-17)2-5-11/h3,6-7,9,11,16-17H,1-2,4-5,8,15H2. The average molecular weight is 299 g/mol. The summed E-state index contributed by atoms with van der Waals surface area (Å²) < 4.78 is 1.00. The number of hydrogen-bond acceptors (Lipinski definition) is 3. The summed E-state index contributed by atoms with van der Waals surface area (Å²) in [5, 5.41) is 12.6. The number of rotatable bonds is 3. The van der Waals surface area contributed by atoms with Gasteiger partial charge in [-0.15, -0.1) is 0 Å². The van der Waals surface area contributed by atoms with Crippen molar-refractivity contribution < 1.29 is 5.11 Å². The van der Waals surface area contributed by atoms with Gasteiger partial charge in [0.15, 0.2) is 0 Å². The number of nitrogen functional groups attached to an aromatic ring is 1. The number of benzene rings is 1. The zero-order chi connectivity index (χ0) is 12.3. The van der Waals surface area contributed by atoms with E-state index in [1.54, 1.807) is 0 Å². The van der Waals surface area contributed by atoms with E-state index in [1.165, 1.54) is 0 Å². The third-order valence-corrected chi connectivity index (χ3v) is 3.97. The van der Waals surface area contributed by atoms with Gasteiger partial charge in [-0.3, -0.25) is 0 Å². The monoisotopic (exact) mass is 298 g/mol. The zero-order valence-corrected chi connectivity index (χ0v) is 11.4. The van der Waals surface area contributed by atoms with E-state index in [9.17, 15) is 0 Å². The van der Waals surface area contributed by atoms with Gasteiger partial charge in [-0.05, 0) is 49.8 Å². The third-order valence-electron chi connectivity index (χ3n) is 3.48. The van der Waals surface area contributed by atoms with Gasteiger partial charge in [-0.1, -0.05) is 15.9 Å². The van der Waals surface area contributed by atoms with Gasteiger partial charge < -0.3 is 16.2 Å². The SMILES string of the molecule is Nc1cc(Br)ccc1NC1CCC(CO)CC1. The second kappa shape index (κ2) is 5.74. The van der Waals surface area contributed by atoms with Gasteiger partial charge in [-0.2, -0.15) is 0 Å². The van der Waals surface area contributed by atoms with Crippen LogP contribution < -0.4 is 11.1 Å². The van der Waals surface area contributed by atoms with Crippen LogP contribution in [0.15, 0.2) is 22.7 Å². The van der Waals surface area contributed by atoms with Crippen molar-refractivity contribution in [3.05, 3.63) is 22.7 Å². The first-order chi connectivity index (χ1) is 8.19. The van der Waals surface area contributed by atoms with E-state index in [0.29, 0.717) is 18.6 Å². The van der Waals surface area contributed by atoms with Gasteiger partial charge in [0.25, 0.3) is 0 Å². The summed E-state index contributed by atoms with van der Waals surface area (Å²) in [6, 6.07) is 6.42. The van der Waals surface area contributed by atoms with Crippen LogP contribution in [0.1, 0.15) is 25.7 Å². The minimum atomic E-state index is 0.327. The van der Waals surface area contributed by atoms with Crippen molar-refractivity contribution in [2.45, 2.75) is 31.7 Å². The largest absolute Gasteiger partial charge is 0.397 e. The molecule has 4 N–H and O–H groups in total. The predicted octanol–water partition coefficient (Wildman–Crippen LogP) is 2.99. The Morgan fingerprint density at radius 3 is 2.59 bits per heavy atom. The second-order valence-electron chi connectivity index (χ2n) is 4.78. The smallest absolute Gasteiger partial charge is 0.0576 e. The third kappa shape index (κ3) is 3.36. The highest BCUT2D eigenvalue weighted by atomic mass is 79.9. The molecule has 1 aliphatic carbocycles. The highest BCUT2D eigenvalue weighted by Gasteiger charge is 2.20. The molecule has 0 bridgehead atoms. The molecule has 1 saturated carbocycles. The zero-order valence-electron chi connectivity index (χ0n) is 9.82. The van der Waals surface area contributed by atoms with E-state index in [4.69, 9.17) is 10.8 Å². The van der Waals surface area contributed by atoms with Crippen molar-refractivity contribution in [2.24, 2.45) is 5.92 Å². The molecule has 0 unspecified atom stereocenters. The maximum absolute atomic E-state index is 9.10. The van der Waals surface area contributed by atoms with Gasteiger partial charge in [0.2, 0.25) is 0 Å². The van der Waals surface area contributed by atoms with Crippen LogP contribution in [0, 0.1) is 5.92 Å². The number of anilines is 2. The Bertz CT molecular complexity index is 376. The summed E-state index contributed by atoms with van der Waals surface area (Å²) >= 11 is 3.40. The Kier molecular flexibility index (Phi) is 4.29. The van der Waals surface area contributed by atoms with Crippen LogP contribution in [0.2, 0.25) is 0 Å². The maximum atomic E-state index is 9.10. The molecule has 0 spiro atoms.